The van der Waals surface area contributed by atoms with E-state index in [1.54, 1.807) is 0 Å². The minimum Gasteiger partial charge on any atom is -0.511 e. The summed E-state index contributed by atoms with van der Waals surface area (Å²) >= 11 is 0. The van der Waals surface area contributed by atoms with Gasteiger partial charge in [-0.05, 0) is 11.6 Å². The summed E-state index contributed by atoms with van der Waals surface area (Å²) in [6.07, 6.45) is -4.98. The van der Waals surface area contributed by atoms with Crippen LogP contribution in [0.15, 0.2) is 35.6 Å². The van der Waals surface area contributed by atoms with Crippen molar-refractivity contribution in [3.8, 4) is 0 Å². The normalized spacial score (nSPS) is 17.5. The maximum absolute atomic E-state index is 12.6. The molecular weight excluding hydrogens is 317 g/mol. The van der Waals surface area contributed by atoms with Crippen LogP contribution >= 0.6 is 0 Å². The van der Waals surface area contributed by atoms with E-state index in [0.29, 0.717) is 0 Å². The average Bonchev–Trinajstić information content (AvgIpc) is 2.35. The predicted molar refractivity (Wildman–Crippen MR) is 71.1 cm³/mol. The van der Waals surface area contributed by atoms with Crippen LogP contribution in [0.25, 0.3) is 0 Å². The highest BCUT2D eigenvalue weighted by Crippen LogP contribution is 2.30. The number of rotatable bonds is 2. The third kappa shape index (κ3) is 3.82. The fourth-order valence-electron chi connectivity index (χ4n) is 2.03. The van der Waals surface area contributed by atoms with Gasteiger partial charge in [0, 0.05) is 20.3 Å². The molecule has 0 amide bonds. The summed E-state index contributed by atoms with van der Waals surface area (Å²) < 4.78 is 47.6. The van der Waals surface area contributed by atoms with Crippen molar-refractivity contribution in [3.05, 3.63) is 46.7 Å². The van der Waals surface area contributed by atoms with E-state index in [2.05, 4.69) is 0 Å². The summed E-state index contributed by atoms with van der Waals surface area (Å²) in [5, 5.41) is 9.93. The molecule has 1 heterocycles. The summed E-state index contributed by atoms with van der Waals surface area (Å²) in [6, 6.07) is 4.19. The Hall–Kier alpha value is -2.51. The van der Waals surface area contributed by atoms with Crippen molar-refractivity contribution in [1.82, 2.24) is 0 Å². The van der Waals surface area contributed by atoms with Gasteiger partial charge in [-0.25, -0.2) is 9.59 Å². The van der Waals surface area contributed by atoms with E-state index in [-0.39, 0.29) is 5.56 Å². The van der Waals surface area contributed by atoms with Gasteiger partial charge >= 0.3 is 18.1 Å². The molecule has 5 nitrogen and oxygen atoms in total. The SMILES string of the molecule is CC1(C)OC(=O)C(=C(O)Cc2cccc(C(F)(F)F)c2)C(=O)O1. The number of halogens is 3. The standard InChI is InChI=1S/C15H13F3O5/c1-14(2)22-12(20)11(13(21)23-14)10(19)7-8-4-3-5-9(6-8)15(16,17)18/h3-6,19H,7H2,1-2H3. The van der Waals surface area contributed by atoms with Gasteiger partial charge in [0.1, 0.15) is 5.76 Å². The maximum Gasteiger partial charge on any atom is 0.416 e. The minimum atomic E-state index is -4.54. The zero-order valence-electron chi connectivity index (χ0n) is 12.2. The molecule has 1 aliphatic rings. The number of carbonyl (C=O) groups excluding carboxylic acids is 2. The molecule has 0 unspecified atom stereocenters. The molecule has 0 bridgehead atoms. The second-order valence-electron chi connectivity index (χ2n) is 5.38. The Morgan fingerprint density at radius 2 is 1.74 bits per heavy atom. The highest BCUT2D eigenvalue weighted by Gasteiger charge is 2.41. The molecule has 0 aliphatic carbocycles. The van der Waals surface area contributed by atoms with Crippen LogP contribution in [0, 0.1) is 0 Å². The molecule has 8 heteroatoms. The number of ether oxygens (including phenoxy) is 2. The molecule has 1 N–H and O–H groups in total. The summed E-state index contributed by atoms with van der Waals surface area (Å²) in [5.74, 6) is -4.35. The Kier molecular flexibility index (Phi) is 4.10. The number of aliphatic hydroxyl groups excluding tert-OH is 1. The third-order valence-electron chi connectivity index (χ3n) is 3.00. The molecule has 23 heavy (non-hydrogen) atoms. The fourth-order valence-corrected chi connectivity index (χ4v) is 2.03. The summed E-state index contributed by atoms with van der Waals surface area (Å²) in [7, 11) is 0. The maximum atomic E-state index is 12.6. The lowest BCUT2D eigenvalue weighted by atomic mass is 10.0. The lowest BCUT2D eigenvalue weighted by molar-refractivity contribution is -0.222. The third-order valence-corrected chi connectivity index (χ3v) is 3.00. The first kappa shape index (κ1) is 16.9. The van der Waals surface area contributed by atoms with Gasteiger partial charge in [0.2, 0.25) is 0 Å². The van der Waals surface area contributed by atoms with Crippen molar-refractivity contribution in [2.45, 2.75) is 32.2 Å². The molecule has 0 radical (unpaired) electrons. The minimum absolute atomic E-state index is 0.0789. The topological polar surface area (TPSA) is 72.8 Å². The van der Waals surface area contributed by atoms with Gasteiger partial charge in [-0.15, -0.1) is 0 Å². The van der Waals surface area contributed by atoms with Crippen molar-refractivity contribution >= 4 is 11.9 Å². The predicted octanol–water partition coefficient (Wildman–Crippen LogP) is 2.90. The zero-order valence-corrected chi connectivity index (χ0v) is 12.2. The van der Waals surface area contributed by atoms with Crippen molar-refractivity contribution in [3.63, 3.8) is 0 Å². The van der Waals surface area contributed by atoms with Gasteiger partial charge in [0.15, 0.2) is 5.57 Å². The molecule has 1 aliphatic heterocycles. The number of hydrogen-bond donors (Lipinski definition) is 1. The fraction of sp³-hybridized carbons (Fsp3) is 0.333. The highest BCUT2D eigenvalue weighted by atomic mass is 19.4. The molecule has 1 aromatic rings. The first-order valence-corrected chi connectivity index (χ1v) is 6.54. The number of hydrogen-bond acceptors (Lipinski definition) is 5. The quantitative estimate of drug-likeness (QED) is 0.391. The van der Waals surface area contributed by atoms with E-state index in [4.69, 9.17) is 9.47 Å². The molecule has 1 fully saturated rings. The van der Waals surface area contributed by atoms with Crippen LogP contribution in [0.2, 0.25) is 0 Å². The van der Waals surface area contributed by atoms with E-state index >= 15 is 0 Å². The van der Waals surface area contributed by atoms with Gasteiger partial charge in [0.25, 0.3) is 5.79 Å². The Balaban J connectivity index is 2.29. The second-order valence-corrected chi connectivity index (χ2v) is 5.38. The Morgan fingerprint density at radius 1 is 1.17 bits per heavy atom. The van der Waals surface area contributed by atoms with E-state index < -0.39 is 47.2 Å². The summed E-state index contributed by atoms with van der Waals surface area (Å²) in [5.41, 5.74) is -1.54. The zero-order chi connectivity index (χ0) is 17.4. The van der Waals surface area contributed by atoms with Crippen LogP contribution in [0.4, 0.5) is 13.2 Å². The second kappa shape index (κ2) is 5.60. The van der Waals surface area contributed by atoms with Crippen LogP contribution in [0.1, 0.15) is 25.0 Å². The molecule has 0 spiro atoms. The van der Waals surface area contributed by atoms with Gasteiger partial charge in [-0.2, -0.15) is 13.2 Å². The Morgan fingerprint density at radius 3 is 2.26 bits per heavy atom. The van der Waals surface area contributed by atoms with Crippen molar-refractivity contribution in [2.75, 3.05) is 0 Å². The average molecular weight is 330 g/mol. The van der Waals surface area contributed by atoms with Gasteiger partial charge < -0.3 is 14.6 Å². The molecular formula is C15H13F3O5. The van der Waals surface area contributed by atoms with Crippen molar-refractivity contribution < 1.29 is 37.3 Å². The Bertz CT molecular complexity index is 667. The number of esters is 2. The van der Waals surface area contributed by atoms with Crippen LogP contribution in [-0.4, -0.2) is 22.8 Å². The molecule has 1 aromatic carbocycles. The first-order chi connectivity index (χ1) is 10.5. The lowest BCUT2D eigenvalue weighted by Crippen LogP contribution is -2.42. The number of benzene rings is 1. The van der Waals surface area contributed by atoms with E-state index in [1.165, 1.54) is 19.9 Å². The van der Waals surface area contributed by atoms with Crippen molar-refractivity contribution in [1.29, 1.82) is 0 Å². The van der Waals surface area contributed by atoms with Crippen LogP contribution < -0.4 is 0 Å². The van der Waals surface area contributed by atoms with Crippen LogP contribution in [-0.2, 0) is 31.7 Å². The highest BCUT2D eigenvalue weighted by molar-refractivity contribution is 6.15. The number of allylic oxidation sites excluding steroid dienone is 1. The van der Waals surface area contributed by atoms with E-state index in [1.807, 2.05) is 0 Å². The van der Waals surface area contributed by atoms with Gasteiger partial charge in [-0.1, -0.05) is 18.2 Å². The Labute approximate surface area is 129 Å². The lowest BCUT2D eigenvalue weighted by Gasteiger charge is -2.30. The molecule has 124 valence electrons. The molecule has 0 saturated carbocycles. The van der Waals surface area contributed by atoms with Crippen molar-refractivity contribution in [2.24, 2.45) is 0 Å². The molecule has 1 saturated heterocycles. The molecule has 0 aromatic heterocycles. The smallest absolute Gasteiger partial charge is 0.416 e. The molecule has 0 atom stereocenters. The van der Waals surface area contributed by atoms with Crippen LogP contribution in [0.3, 0.4) is 0 Å². The number of aliphatic hydroxyl groups is 1. The number of alkyl halides is 3. The van der Waals surface area contributed by atoms with E-state index in [0.717, 1.165) is 18.2 Å². The van der Waals surface area contributed by atoms with Gasteiger partial charge in [0.05, 0.1) is 5.56 Å². The summed E-state index contributed by atoms with van der Waals surface area (Å²) in [4.78, 5) is 23.5. The number of carbonyl (C=O) groups is 2. The van der Waals surface area contributed by atoms with Gasteiger partial charge in [-0.3, -0.25) is 0 Å². The number of cyclic esters (lactones) is 2. The largest absolute Gasteiger partial charge is 0.511 e. The monoisotopic (exact) mass is 330 g/mol. The van der Waals surface area contributed by atoms with E-state index in [9.17, 15) is 27.9 Å². The van der Waals surface area contributed by atoms with Crippen LogP contribution in [0.5, 0.6) is 0 Å². The summed E-state index contributed by atoms with van der Waals surface area (Å²) in [6.45, 7) is 2.67. The molecule has 2 rings (SSSR count). The first-order valence-electron chi connectivity index (χ1n) is 6.54.